The van der Waals surface area contributed by atoms with E-state index >= 15 is 0 Å². The Morgan fingerprint density at radius 2 is 1.93 bits per heavy atom. The third kappa shape index (κ3) is 7.72. The first-order chi connectivity index (χ1) is 12.7. The van der Waals surface area contributed by atoms with Crippen molar-refractivity contribution in [2.24, 2.45) is 4.99 Å². The van der Waals surface area contributed by atoms with Gasteiger partial charge in [-0.3, -0.25) is 4.79 Å². The molecule has 0 aliphatic heterocycles. The van der Waals surface area contributed by atoms with E-state index in [9.17, 15) is 18.0 Å². The van der Waals surface area contributed by atoms with Gasteiger partial charge < -0.3 is 15.1 Å². The Balaban J connectivity index is 0.00000392. The molecule has 0 bridgehead atoms. The highest BCUT2D eigenvalue weighted by Gasteiger charge is 2.31. The highest BCUT2D eigenvalue weighted by molar-refractivity contribution is 14.0. The molecule has 11 heteroatoms. The van der Waals surface area contributed by atoms with Gasteiger partial charge in [-0.25, -0.2) is 9.98 Å². The van der Waals surface area contributed by atoms with Crippen molar-refractivity contribution in [2.75, 3.05) is 33.7 Å². The van der Waals surface area contributed by atoms with Gasteiger partial charge in [0.15, 0.2) is 5.96 Å². The molecule has 0 aromatic carbocycles. The monoisotopic (exact) mass is 533 g/mol. The molecule has 1 aromatic heterocycles. The quantitative estimate of drug-likeness (QED) is 0.347. The van der Waals surface area contributed by atoms with Crippen LogP contribution in [0.2, 0.25) is 0 Å². The minimum Gasteiger partial charge on any atom is -0.357 e. The summed E-state index contributed by atoms with van der Waals surface area (Å²) < 4.78 is 37.2. The number of hydrogen-bond acceptors (Lipinski definition) is 4. The zero-order valence-corrected chi connectivity index (χ0v) is 19.5. The number of guanidine groups is 1. The number of carbonyl (C=O) groups excluding carboxylic acids is 1. The van der Waals surface area contributed by atoms with Crippen molar-refractivity contribution in [1.82, 2.24) is 20.1 Å². The Kier molecular flexibility index (Phi) is 9.95. The van der Waals surface area contributed by atoms with Gasteiger partial charge >= 0.3 is 6.18 Å². The summed E-state index contributed by atoms with van der Waals surface area (Å²) in [5.41, 5.74) is 1.18. The number of aliphatic imine (C=N–C) groups is 1. The van der Waals surface area contributed by atoms with Gasteiger partial charge in [-0.1, -0.05) is 0 Å². The molecule has 1 N–H and O–H groups in total. The minimum atomic E-state index is -4.42. The number of rotatable bonds is 6. The number of carbonyl (C=O) groups is 1. The highest BCUT2D eigenvalue weighted by Crippen LogP contribution is 2.27. The Hall–Kier alpha value is -1.11. The fourth-order valence-electron chi connectivity index (χ4n) is 2.84. The summed E-state index contributed by atoms with van der Waals surface area (Å²) in [5.74, 6) is -0.208. The third-order valence-corrected chi connectivity index (χ3v) is 5.31. The van der Waals surface area contributed by atoms with Crippen molar-refractivity contribution in [3.63, 3.8) is 0 Å². The lowest BCUT2D eigenvalue weighted by Crippen LogP contribution is -2.41. The molecule has 1 aliphatic rings. The van der Waals surface area contributed by atoms with Crippen molar-refractivity contribution >= 4 is 47.2 Å². The van der Waals surface area contributed by atoms with Gasteiger partial charge in [0.25, 0.3) is 0 Å². The van der Waals surface area contributed by atoms with E-state index < -0.39 is 18.6 Å². The molecule has 0 unspecified atom stereocenters. The normalized spacial score (nSPS) is 14.1. The summed E-state index contributed by atoms with van der Waals surface area (Å²) in [6, 6.07) is 0. The average molecular weight is 533 g/mol. The summed E-state index contributed by atoms with van der Waals surface area (Å²) in [4.78, 5) is 24.6. The molecule has 1 heterocycles. The largest absolute Gasteiger partial charge is 0.406 e. The maximum Gasteiger partial charge on any atom is 0.406 e. The number of aromatic nitrogens is 1. The zero-order valence-electron chi connectivity index (χ0n) is 16.3. The van der Waals surface area contributed by atoms with E-state index in [1.807, 2.05) is 18.9 Å². The van der Waals surface area contributed by atoms with Crippen LogP contribution in [0.5, 0.6) is 0 Å². The number of alkyl halides is 3. The summed E-state index contributed by atoms with van der Waals surface area (Å²) in [5, 5.41) is 4.05. The van der Waals surface area contributed by atoms with Crippen LogP contribution >= 0.6 is 35.3 Å². The number of aryl methyl sites for hydroxylation is 2. The van der Waals surface area contributed by atoms with Gasteiger partial charge in [0, 0.05) is 25.5 Å². The maximum absolute atomic E-state index is 12.4. The number of fused-ring (bicyclic) bond motifs is 1. The van der Waals surface area contributed by atoms with E-state index in [0.717, 1.165) is 24.9 Å². The Morgan fingerprint density at radius 3 is 2.54 bits per heavy atom. The second-order valence-electron chi connectivity index (χ2n) is 6.58. The van der Waals surface area contributed by atoms with Gasteiger partial charge in [0.2, 0.25) is 5.91 Å². The van der Waals surface area contributed by atoms with Crippen LogP contribution in [0.3, 0.4) is 0 Å². The van der Waals surface area contributed by atoms with Crippen LogP contribution in [0.25, 0.3) is 0 Å². The number of halogens is 4. The summed E-state index contributed by atoms with van der Waals surface area (Å²) in [7, 11) is 2.95. The van der Waals surface area contributed by atoms with E-state index in [0.29, 0.717) is 23.9 Å². The van der Waals surface area contributed by atoms with E-state index in [-0.39, 0.29) is 30.5 Å². The molecular formula is C17H27F3IN5OS. The standard InChI is InChI=1S/C17H26F3N5OS.HI/c1-4-21-16(22-9-15(26)25(3)11-17(18,19)20)24(2)10-14-23-12-7-5-6-8-13(12)27-14;/h4-11H2,1-3H3,(H,21,22);1H. The lowest BCUT2D eigenvalue weighted by atomic mass is 10.0. The highest BCUT2D eigenvalue weighted by atomic mass is 127. The fourth-order valence-corrected chi connectivity index (χ4v) is 4.05. The summed E-state index contributed by atoms with van der Waals surface area (Å²) in [6.45, 7) is 1.40. The number of amides is 1. The topological polar surface area (TPSA) is 60.8 Å². The molecule has 2 rings (SSSR count). The maximum atomic E-state index is 12.4. The molecular weight excluding hydrogens is 506 g/mol. The van der Waals surface area contributed by atoms with Crippen LogP contribution in [0, 0.1) is 0 Å². The predicted octanol–water partition coefficient (Wildman–Crippen LogP) is 3.06. The minimum absolute atomic E-state index is 0. The molecule has 28 heavy (non-hydrogen) atoms. The molecule has 6 nitrogen and oxygen atoms in total. The van der Waals surface area contributed by atoms with Gasteiger partial charge in [-0.05, 0) is 32.6 Å². The van der Waals surface area contributed by atoms with E-state index in [4.69, 9.17) is 4.98 Å². The molecule has 0 fully saturated rings. The Bertz CT molecular complexity index is 657. The van der Waals surface area contributed by atoms with Crippen molar-refractivity contribution in [2.45, 2.75) is 45.3 Å². The molecule has 0 saturated heterocycles. The molecule has 0 saturated carbocycles. The van der Waals surface area contributed by atoms with Crippen LogP contribution in [0.1, 0.15) is 35.3 Å². The molecule has 1 amide bonds. The van der Waals surface area contributed by atoms with Crippen molar-refractivity contribution < 1.29 is 18.0 Å². The lowest BCUT2D eigenvalue weighted by molar-refractivity contribution is -0.157. The number of hydrogen-bond donors (Lipinski definition) is 1. The predicted molar refractivity (Wildman–Crippen MR) is 115 cm³/mol. The summed E-state index contributed by atoms with van der Waals surface area (Å²) in [6.07, 6.45) is 0.0415. The SMILES string of the molecule is CCNC(=NCC(=O)N(C)CC(F)(F)F)N(C)Cc1nc2c(s1)CCCC2.I. The Labute approximate surface area is 184 Å². The van der Waals surface area contributed by atoms with Crippen molar-refractivity contribution in [1.29, 1.82) is 0 Å². The van der Waals surface area contributed by atoms with E-state index in [2.05, 4.69) is 10.3 Å². The molecule has 1 aromatic rings. The van der Waals surface area contributed by atoms with Gasteiger partial charge in [0.1, 0.15) is 18.1 Å². The second-order valence-corrected chi connectivity index (χ2v) is 7.74. The molecule has 160 valence electrons. The van der Waals surface area contributed by atoms with E-state index in [1.54, 1.807) is 11.3 Å². The number of likely N-dealkylation sites (N-methyl/N-ethyl adjacent to an activating group) is 1. The fraction of sp³-hybridized carbons (Fsp3) is 0.706. The van der Waals surface area contributed by atoms with Crippen LogP contribution in [-0.2, 0) is 24.2 Å². The summed E-state index contributed by atoms with van der Waals surface area (Å²) >= 11 is 1.70. The molecule has 1 aliphatic carbocycles. The lowest BCUT2D eigenvalue weighted by Gasteiger charge is -2.22. The smallest absolute Gasteiger partial charge is 0.357 e. The first-order valence-corrected chi connectivity index (χ1v) is 9.79. The van der Waals surface area contributed by atoms with Crippen LogP contribution < -0.4 is 5.32 Å². The Morgan fingerprint density at radius 1 is 1.25 bits per heavy atom. The zero-order chi connectivity index (χ0) is 20.0. The van der Waals surface area contributed by atoms with Gasteiger partial charge in [0.05, 0.1) is 12.2 Å². The van der Waals surface area contributed by atoms with Crippen LogP contribution in [0.4, 0.5) is 13.2 Å². The van der Waals surface area contributed by atoms with Crippen molar-refractivity contribution in [3.8, 4) is 0 Å². The first kappa shape index (κ1) is 24.9. The first-order valence-electron chi connectivity index (χ1n) is 8.97. The number of nitrogens with zero attached hydrogens (tertiary/aromatic N) is 4. The second kappa shape index (κ2) is 11.2. The van der Waals surface area contributed by atoms with Crippen LogP contribution in [0.15, 0.2) is 4.99 Å². The molecule has 0 atom stereocenters. The van der Waals surface area contributed by atoms with Gasteiger partial charge in [-0.15, -0.1) is 35.3 Å². The number of nitrogens with one attached hydrogen (secondary N) is 1. The average Bonchev–Trinajstić information content (AvgIpc) is 2.98. The number of thiazole rings is 1. The molecule has 0 radical (unpaired) electrons. The van der Waals surface area contributed by atoms with Crippen LogP contribution in [-0.4, -0.2) is 66.6 Å². The van der Waals surface area contributed by atoms with Crippen molar-refractivity contribution in [3.05, 3.63) is 15.6 Å². The van der Waals surface area contributed by atoms with E-state index in [1.165, 1.54) is 23.4 Å². The third-order valence-electron chi connectivity index (χ3n) is 4.17. The molecule has 0 spiro atoms. The van der Waals surface area contributed by atoms with Gasteiger partial charge in [-0.2, -0.15) is 13.2 Å².